The number of carbonyl (C=O) groups excluding carboxylic acids is 1. The van der Waals surface area contributed by atoms with Gasteiger partial charge in [0.25, 0.3) is 0 Å². The van der Waals surface area contributed by atoms with E-state index in [0.717, 1.165) is 68.5 Å². The summed E-state index contributed by atoms with van der Waals surface area (Å²) in [5.74, 6) is 2.42. The number of fused-ring (bicyclic) bond motifs is 1. The van der Waals surface area contributed by atoms with Crippen LogP contribution in [-0.2, 0) is 4.79 Å². The average Bonchev–Trinajstić information content (AvgIpc) is 3.01. The Labute approximate surface area is 175 Å². The van der Waals surface area contributed by atoms with E-state index in [2.05, 4.69) is 4.90 Å². The first-order chi connectivity index (χ1) is 14.0. The van der Waals surface area contributed by atoms with E-state index in [1.54, 1.807) is 22.8 Å². The SMILES string of the molecule is O=C(N1CCC(n2c(=O)oc3ccc(Cl)cc32)CC1)C12CC3CC(CC(C3)C1)C2. The highest BCUT2D eigenvalue weighted by Crippen LogP contribution is 2.60. The van der Waals surface area contributed by atoms with E-state index < -0.39 is 0 Å². The van der Waals surface area contributed by atoms with Gasteiger partial charge in [0.15, 0.2) is 5.58 Å². The predicted molar refractivity (Wildman–Crippen MR) is 111 cm³/mol. The van der Waals surface area contributed by atoms with Crippen LogP contribution in [0, 0.1) is 23.2 Å². The second-order valence-electron chi connectivity index (χ2n) is 10.1. The molecule has 0 radical (unpaired) electrons. The molecule has 1 saturated heterocycles. The number of oxazole rings is 1. The van der Waals surface area contributed by atoms with Gasteiger partial charge in [-0.15, -0.1) is 0 Å². The fourth-order valence-corrected chi connectivity index (χ4v) is 7.55. The van der Waals surface area contributed by atoms with Crippen molar-refractivity contribution < 1.29 is 9.21 Å². The summed E-state index contributed by atoms with van der Waals surface area (Å²) in [7, 11) is 0. The van der Waals surface area contributed by atoms with Gasteiger partial charge in [0.05, 0.1) is 10.9 Å². The van der Waals surface area contributed by atoms with E-state index in [0.29, 0.717) is 16.5 Å². The predicted octanol–water partition coefficient (Wildman–Crippen LogP) is 4.63. The van der Waals surface area contributed by atoms with E-state index in [4.69, 9.17) is 16.0 Å². The molecular formula is C23H27ClN2O3. The van der Waals surface area contributed by atoms with Crippen LogP contribution in [0.4, 0.5) is 0 Å². The van der Waals surface area contributed by atoms with Crippen molar-refractivity contribution in [3.63, 3.8) is 0 Å². The lowest BCUT2D eigenvalue weighted by atomic mass is 9.49. The molecular weight excluding hydrogens is 388 g/mol. The molecule has 0 spiro atoms. The van der Waals surface area contributed by atoms with Gasteiger partial charge in [-0.2, -0.15) is 0 Å². The molecule has 1 aliphatic heterocycles. The molecule has 1 aromatic carbocycles. The van der Waals surface area contributed by atoms with Crippen molar-refractivity contribution in [2.75, 3.05) is 13.1 Å². The Morgan fingerprint density at radius 3 is 2.28 bits per heavy atom. The van der Waals surface area contributed by atoms with Gasteiger partial charge in [0, 0.05) is 24.2 Å². The number of likely N-dealkylation sites (tertiary alicyclic amines) is 1. The molecule has 1 aromatic heterocycles. The highest BCUT2D eigenvalue weighted by atomic mass is 35.5. The van der Waals surface area contributed by atoms with Crippen LogP contribution in [-0.4, -0.2) is 28.5 Å². The number of amides is 1. The van der Waals surface area contributed by atoms with Crippen molar-refractivity contribution in [2.45, 2.75) is 57.4 Å². The molecule has 1 amide bonds. The molecule has 6 heteroatoms. The molecule has 29 heavy (non-hydrogen) atoms. The number of halogens is 1. The van der Waals surface area contributed by atoms with Crippen LogP contribution >= 0.6 is 11.6 Å². The van der Waals surface area contributed by atoms with Crippen LogP contribution < -0.4 is 5.76 Å². The van der Waals surface area contributed by atoms with Crippen molar-refractivity contribution in [1.82, 2.24) is 9.47 Å². The van der Waals surface area contributed by atoms with E-state index >= 15 is 0 Å². The van der Waals surface area contributed by atoms with Gasteiger partial charge in [0.2, 0.25) is 5.91 Å². The second-order valence-corrected chi connectivity index (χ2v) is 10.5. The van der Waals surface area contributed by atoms with Gasteiger partial charge in [-0.25, -0.2) is 4.79 Å². The maximum Gasteiger partial charge on any atom is 0.420 e. The number of carbonyl (C=O) groups is 1. The van der Waals surface area contributed by atoms with Gasteiger partial charge >= 0.3 is 5.76 Å². The Balaban J connectivity index is 1.21. The first-order valence-electron chi connectivity index (χ1n) is 11.1. The van der Waals surface area contributed by atoms with Crippen molar-refractivity contribution in [2.24, 2.45) is 23.2 Å². The summed E-state index contributed by atoms with van der Waals surface area (Å²) < 4.78 is 7.16. The third-order valence-corrected chi connectivity index (χ3v) is 8.42. The molecule has 0 atom stereocenters. The molecule has 4 saturated carbocycles. The minimum absolute atomic E-state index is 0.0580. The van der Waals surface area contributed by atoms with Gasteiger partial charge in [-0.1, -0.05) is 11.6 Å². The van der Waals surface area contributed by atoms with E-state index in [1.165, 1.54) is 19.3 Å². The second kappa shape index (κ2) is 6.37. The Morgan fingerprint density at radius 2 is 1.66 bits per heavy atom. The molecule has 0 N–H and O–H groups in total. The van der Waals surface area contributed by atoms with E-state index in [1.807, 2.05) is 0 Å². The topological polar surface area (TPSA) is 55.5 Å². The summed E-state index contributed by atoms with van der Waals surface area (Å²) in [6, 6.07) is 5.35. The minimum atomic E-state index is -0.326. The largest absolute Gasteiger partial charge is 0.420 e. The van der Waals surface area contributed by atoms with E-state index in [9.17, 15) is 9.59 Å². The lowest BCUT2D eigenvalue weighted by Gasteiger charge is -2.57. The van der Waals surface area contributed by atoms with Gasteiger partial charge in [0.1, 0.15) is 0 Å². The molecule has 7 rings (SSSR count). The summed E-state index contributed by atoms with van der Waals surface area (Å²) in [6.45, 7) is 1.45. The number of aromatic nitrogens is 1. The van der Waals surface area contributed by atoms with Crippen LogP contribution in [0.2, 0.25) is 5.02 Å². The number of benzene rings is 1. The molecule has 5 fully saturated rings. The summed E-state index contributed by atoms with van der Waals surface area (Å²) in [4.78, 5) is 28.2. The summed E-state index contributed by atoms with van der Waals surface area (Å²) in [5, 5.41) is 0.599. The van der Waals surface area contributed by atoms with Gasteiger partial charge < -0.3 is 9.32 Å². The lowest BCUT2D eigenvalue weighted by Crippen LogP contribution is -2.55. The fraction of sp³-hybridized carbons (Fsp3) is 0.652. The maximum absolute atomic E-state index is 13.6. The highest BCUT2D eigenvalue weighted by Gasteiger charge is 2.55. The molecule has 5 nitrogen and oxygen atoms in total. The number of piperidine rings is 1. The molecule has 2 aromatic rings. The Kier molecular flexibility index (Phi) is 3.97. The molecule has 2 heterocycles. The first-order valence-corrected chi connectivity index (χ1v) is 11.5. The summed E-state index contributed by atoms with van der Waals surface area (Å²) in [6.07, 6.45) is 8.99. The molecule has 4 aliphatic carbocycles. The van der Waals surface area contributed by atoms with Crippen molar-refractivity contribution in [3.05, 3.63) is 33.8 Å². The Morgan fingerprint density at radius 1 is 1.03 bits per heavy atom. The molecule has 4 bridgehead atoms. The smallest absolute Gasteiger partial charge is 0.408 e. The monoisotopic (exact) mass is 414 g/mol. The number of nitrogens with zero attached hydrogens (tertiary/aromatic N) is 2. The van der Waals surface area contributed by atoms with Crippen LogP contribution in [0.1, 0.15) is 57.4 Å². The number of hydrogen-bond donors (Lipinski definition) is 0. The van der Waals surface area contributed by atoms with Crippen LogP contribution in [0.15, 0.2) is 27.4 Å². The van der Waals surface area contributed by atoms with Crippen molar-refractivity contribution >= 4 is 28.6 Å². The number of hydrogen-bond acceptors (Lipinski definition) is 3. The van der Waals surface area contributed by atoms with Crippen molar-refractivity contribution in [1.29, 1.82) is 0 Å². The molecule has 0 unspecified atom stereocenters. The van der Waals surface area contributed by atoms with Crippen molar-refractivity contribution in [3.8, 4) is 0 Å². The summed E-state index contributed by atoms with van der Waals surface area (Å²) in [5.41, 5.74) is 1.26. The normalized spacial score (nSPS) is 34.2. The van der Waals surface area contributed by atoms with Crippen LogP contribution in [0.5, 0.6) is 0 Å². The fourth-order valence-electron chi connectivity index (χ4n) is 7.39. The zero-order valence-corrected chi connectivity index (χ0v) is 17.4. The van der Waals surface area contributed by atoms with Gasteiger partial charge in [-0.3, -0.25) is 9.36 Å². The molecule has 154 valence electrons. The lowest BCUT2D eigenvalue weighted by molar-refractivity contribution is -0.159. The third kappa shape index (κ3) is 2.80. The highest BCUT2D eigenvalue weighted by molar-refractivity contribution is 6.31. The standard InChI is InChI=1S/C23H27ClN2O3/c24-17-1-2-20-19(10-17)26(22(28)29-20)18-3-5-25(6-4-18)21(27)23-11-14-7-15(12-23)9-16(8-14)13-23/h1-2,10,14-16,18H,3-9,11-13H2. The summed E-state index contributed by atoms with van der Waals surface area (Å²) >= 11 is 6.14. The van der Waals surface area contributed by atoms with Crippen LogP contribution in [0.25, 0.3) is 11.1 Å². The van der Waals surface area contributed by atoms with Gasteiger partial charge in [-0.05, 0) is 87.3 Å². The Bertz CT molecular complexity index is 995. The third-order valence-electron chi connectivity index (χ3n) is 8.18. The minimum Gasteiger partial charge on any atom is -0.408 e. The molecule has 5 aliphatic rings. The Hall–Kier alpha value is -1.75. The average molecular weight is 415 g/mol. The zero-order chi connectivity index (χ0) is 19.8. The van der Waals surface area contributed by atoms with E-state index in [-0.39, 0.29) is 17.2 Å². The zero-order valence-electron chi connectivity index (χ0n) is 16.6. The number of rotatable bonds is 2. The van der Waals surface area contributed by atoms with Crippen LogP contribution in [0.3, 0.4) is 0 Å². The maximum atomic E-state index is 13.6. The first kappa shape index (κ1) is 18.1. The quantitative estimate of drug-likeness (QED) is 0.720.